The minimum atomic E-state index is -0.0954. The summed E-state index contributed by atoms with van der Waals surface area (Å²) in [7, 11) is 0. The maximum absolute atomic E-state index is 5.72. The van der Waals surface area contributed by atoms with Gasteiger partial charge in [-0.15, -0.1) is 11.3 Å². The number of fused-ring (bicyclic) bond motifs is 1. The molecule has 4 aromatic rings. The molecular weight excluding hydrogens is 378 g/mol. The van der Waals surface area contributed by atoms with Crippen LogP contribution in [0, 0.1) is 11.8 Å². The molecule has 0 unspecified atom stereocenters. The Hall–Kier alpha value is -3.14. The van der Waals surface area contributed by atoms with E-state index in [1.54, 1.807) is 23.7 Å². The highest BCUT2D eigenvalue weighted by Crippen LogP contribution is 2.34. The third-order valence-electron chi connectivity index (χ3n) is 4.26. The third-order valence-corrected chi connectivity index (χ3v) is 5.26. The first-order valence-electron chi connectivity index (χ1n) is 9.44. The fraction of sp³-hybridized carbons (Fsp3) is 0.217. The molecule has 0 spiro atoms. The van der Waals surface area contributed by atoms with Crippen molar-refractivity contribution in [2.24, 2.45) is 5.73 Å². The number of nitrogens with two attached hydrogens (primary N) is 1. The van der Waals surface area contributed by atoms with E-state index in [0.717, 1.165) is 38.0 Å². The molecule has 0 saturated heterocycles. The van der Waals surface area contributed by atoms with Gasteiger partial charge in [-0.05, 0) is 50.6 Å². The lowest BCUT2D eigenvalue weighted by molar-refractivity contribution is 0.629. The van der Waals surface area contributed by atoms with E-state index in [2.05, 4.69) is 49.0 Å². The number of hydrogen-bond acceptors (Lipinski definition) is 5. The Morgan fingerprint density at radius 3 is 2.83 bits per heavy atom. The number of rotatable bonds is 3. The van der Waals surface area contributed by atoms with Crippen LogP contribution >= 0.6 is 11.3 Å². The molecule has 0 aliphatic carbocycles. The third kappa shape index (κ3) is 4.32. The summed E-state index contributed by atoms with van der Waals surface area (Å²) < 4.78 is 2.04. The number of hydrogen-bond donors (Lipinski definition) is 2. The number of anilines is 1. The van der Waals surface area contributed by atoms with Gasteiger partial charge in [0.2, 0.25) is 0 Å². The lowest BCUT2D eigenvalue weighted by atomic mass is 10.1. The van der Waals surface area contributed by atoms with E-state index in [1.807, 2.05) is 40.9 Å². The van der Waals surface area contributed by atoms with Gasteiger partial charge in [0.25, 0.3) is 0 Å². The first-order chi connectivity index (χ1) is 13.9. The number of imidazole rings is 1. The molecule has 0 amide bonds. The van der Waals surface area contributed by atoms with Gasteiger partial charge < -0.3 is 11.1 Å². The molecule has 0 saturated carbocycles. The fourth-order valence-corrected chi connectivity index (χ4v) is 3.85. The molecule has 146 valence electrons. The van der Waals surface area contributed by atoms with Crippen molar-refractivity contribution in [1.29, 1.82) is 0 Å². The lowest BCUT2D eigenvalue weighted by Gasteiger charge is -2.22. The summed E-state index contributed by atoms with van der Waals surface area (Å²) >= 11 is 1.64. The van der Waals surface area contributed by atoms with Crippen molar-refractivity contribution in [2.75, 3.05) is 5.32 Å². The summed E-state index contributed by atoms with van der Waals surface area (Å²) in [6, 6.07) is 12.2. The van der Waals surface area contributed by atoms with Gasteiger partial charge in [-0.1, -0.05) is 24.0 Å². The standard InChI is InChI=1S/C23H23N5S/c1-23(2,3)27-22-21(26-20-15-25-11-12-28(20)22)19-10-9-18(29-19)8-7-16-5-4-6-17(13-16)14-24/h4-6,9-13,15,27H,14,24H2,1-3H3. The van der Waals surface area contributed by atoms with Crippen LogP contribution < -0.4 is 11.1 Å². The average Bonchev–Trinajstić information content (AvgIpc) is 3.30. The maximum Gasteiger partial charge on any atom is 0.157 e. The highest BCUT2D eigenvalue weighted by Gasteiger charge is 2.20. The zero-order valence-electron chi connectivity index (χ0n) is 16.7. The summed E-state index contributed by atoms with van der Waals surface area (Å²) in [5.41, 5.74) is 9.40. The highest BCUT2D eigenvalue weighted by atomic mass is 32.1. The van der Waals surface area contributed by atoms with Crippen LogP contribution in [-0.2, 0) is 6.54 Å². The molecule has 3 aromatic heterocycles. The molecule has 4 rings (SSSR count). The Morgan fingerprint density at radius 2 is 2.03 bits per heavy atom. The Bertz CT molecular complexity index is 1220. The van der Waals surface area contributed by atoms with Crippen LogP contribution in [0.15, 0.2) is 55.0 Å². The van der Waals surface area contributed by atoms with E-state index in [-0.39, 0.29) is 5.54 Å². The molecule has 3 N–H and O–H groups in total. The largest absolute Gasteiger partial charge is 0.365 e. The van der Waals surface area contributed by atoms with Crippen molar-refractivity contribution >= 4 is 22.8 Å². The van der Waals surface area contributed by atoms with E-state index in [9.17, 15) is 0 Å². The summed E-state index contributed by atoms with van der Waals surface area (Å²) in [6.07, 6.45) is 5.47. The van der Waals surface area contributed by atoms with Gasteiger partial charge in [0.05, 0.1) is 16.0 Å². The topological polar surface area (TPSA) is 68.2 Å². The maximum atomic E-state index is 5.72. The van der Waals surface area contributed by atoms with Crippen molar-refractivity contribution in [2.45, 2.75) is 32.9 Å². The van der Waals surface area contributed by atoms with Crippen molar-refractivity contribution in [1.82, 2.24) is 14.4 Å². The van der Waals surface area contributed by atoms with Crippen LogP contribution in [0.3, 0.4) is 0 Å². The van der Waals surface area contributed by atoms with Crippen molar-refractivity contribution in [3.05, 3.63) is 71.0 Å². The van der Waals surface area contributed by atoms with Crippen LogP contribution in [0.25, 0.3) is 16.2 Å². The van der Waals surface area contributed by atoms with Gasteiger partial charge in [-0.25, -0.2) is 4.98 Å². The van der Waals surface area contributed by atoms with Crippen molar-refractivity contribution in [3.8, 4) is 22.4 Å². The van der Waals surface area contributed by atoms with E-state index in [1.165, 1.54) is 0 Å². The molecule has 0 atom stereocenters. The average molecular weight is 402 g/mol. The molecule has 6 heteroatoms. The fourth-order valence-electron chi connectivity index (χ4n) is 3.00. The SMILES string of the molecule is CC(C)(C)Nc1c(-c2ccc(C#Cc3cccc(CN)c3)s2)nc2cnccn12. The van der Waals surface area contributed by atoms with Gasteiger partial charge in [-0.3, -0.25) is 9.38 Å². The minimum Gasteiger partial charge on any atom is -0.365 e. The smallest absolute Gasteiger partial charge is 0.157 e. The van der Waals surface area contributed by atoms with Crippen LogP contribution in [-0.4, -0.2) is 19.9 Å². The lowest BCUT2D eigenvalue weighted by Crippen LogP contribution is -2.27. The van der Waals surface area contributed by atoms with Gasteiger partial charge in [-0.2, -0.15) is 0 Å². The molecule has 29 heavy (non-hydrogen) atoms. The Kier molecular flexibility index (Phi) is 5.10. The number of nitrogens with one attached hydrogen (secondary N) is 1. The second kappa shape index (κ2) is 7.70. The zero-order valence-corrected chi connectivity index (χ0v) is 17.5. The Morgan fingerprint density at radius 1 is 1.17 bits per heavy atom. The first kappa shape index (κ1) is 19.2. The molecule has 5 nitrogen and oxygen atoms in total. The van der Waals surface area contributed by atoms with E-state index >= 15 is 0 Å². The van der Waals surface area contributed by atoms with Gasteiger partial charge in [0, 0.05) is 30.0 Å². The molecule has 0 bridgehead atoms. The zero-order chi connectivity index (χ0) is 20.4. The second-order valence-electron chi connectivity index (χ2n) is 7.81. The van der Waals surface area contributed by atoms with E-state index in [4.69, 9.17) is 10.7 Å². The monoisotopic (exact) mass is 401 g/mol. The number of aromatic nitrogens is 3. The van der Waals surface area contributed by atoms with Gasteiger partial charge >= 0.3 is 0 Å². The van der Waals surface area contributed by atoms with Crippen LogP contribution in [0.1, 0.15) is 36.8 Å². The molecular formula is C23H23N5S. The minimum absolute atomic E-state index is 0.0954. The predicted molar refractivity (Wildman–Crippen MR) is 120 cm³/mol. The van der Waals surface area contributed by atoms with E-state index in [0.29, 0.717) is 6.54 Å². The highest BCUT2D eigenvalue weighted by molar-refractivity contribution is 7.16. The van der Waals surface area contributed by atoms with Gasteiger partial charge in [0.1, 0.15) is 11.5 Å². The summed E-state index contributed by atoms with van der Waals surface area (Å²) in [5, 5.41) is 3.58. The number of nitrogens with zero attached hydrogens (tertiary/aromatic N) is 3. The molecule has 0 aliphatic rings. The second-order valence-corrected chi connectivity index (χ2v) is 8.89. The van der Waals surface area contributed by atoms with Crippen molar-refractivity contribution in [3.63, 3.8) is 0 Å². The summed E-state index contributed by atoms with van der Waals surface area (Å²) in [5.74, 6) is 7.46. The van der Waals surface area contributed by atoms with Crippen LogP contribution in [0.4, 0.5) is 5.82 Å². The summed E-state index contributed by atoms with van der Waals surface area (Å²) in [6.45, 7) is 6.93. The molecule has 0 radical (unpaired) electrons. The van der Waals surface area contributed by atoms with Crippen molar-refractivity contribution < 1.29 is 0 Å². The quantitative estimate of drug-likeness (QED) is 0.495. The molecule has 0 aliphatic heterocycles. The Balaban J connectivity index is 1.70. The first-order valence-corrected chi connectivity index (χ1v) is 10.3. The molecule has 3 heterocycles. The number of benzene rings is 1. The summed E-state index contributed by atoms with van der Waals surface area (Å²) in [4.78, 5) is 11.1. The molecule has 1 aromatic carbocycles. The van der Waals surface area contributed by atoms with Gasteiger partial charge in [0.15, 0.2) is 5.65 Å². The molecule has 0 fully saturated rings. The normalized spacial score (nSPS) is 11.3. The Labute approximate surface area is 174 Å². The van der Waals surface area contributed by atoms with Crippen LogP contribution in [0.2, 0.25) is 0 Å². The number of thiophene rings is 1. The predicted octanol–water partition coefficient (Wildman–Crippen LogP) is 4.53. The van der Waals surface area contributed by atoms with Crippen LogP contribution in [0.5, 0.6) is 0 Å². The van der Waals surface area contributed by atoms with E-state index < -0.39 is 0 Å².